The lowest BCUT2D eigenvalue weighted by Gasteiger charge is -2.20. The number of aromatic nitrogens is 2. The lowest BCUT2D eigenvalue weighted by molar-refractivity contribution is -0.147. The highest BCUT2D eigenvalue weighted by molar-refractivity contribution is 5.74. The Hall–Kier alpha value is -1.39. The number of hydrogen-bond acceptors (Lipinski definition) is 5. The summed E-state index contributed by atoms with van der Waals surface area (Å²) in [6.07, 6.45) is 5.43. The number of carbonyl (C=O) groups excluding carboxylic acids is 1. The van der Waals surface area contributed by atoms with Crippen LogP contribution in [0.2, 0.25) is 0 Å². The van der Waals surface area contributed by atoms with Crippen molar-refractivity contribution in [3.8, 4) is 0 Å². The Labute approximate surface area is 93.2 Å². The van der Waals surface area contributed by atoms with E-state index in [0.29, 0.717) is 11.8 Å². The molecule has 16 heavy (non-hydrogen) atoms. The molecule has 2 fully saturated rings. The summed E-state index contributed by atoms with van der Waals surface area (Å²) >= 11 is 0. The molecule has 0 spiro atoms. The maximum atomic E-state index is 11.3. The van der Waals surface area contributed by atoms with E-state index in [-0.39, 0.29) is 18.5 Å². The minimum Gasteiger partial charge on any atom is -0.455 e. The number of esters is 1. The zero-order valence-electron chi connectivity index (χ0n) is 9.02. The van der Waals surface area contributed by atoms with Crippen LogP contribution in [0.15, 0.2) is 4.52 Å². The Bertz CT molecular complexity index is 394. The third kappa shape index (κ3) is 1.94. The van der Waals surface area contributed by atoms with Gasteiger partial charge in [-0.15, -0.1) is 0 Å². The highest BCUT2D eigenvalue weighted by atomic mass is 16.6. The summed E-state index contributed by atoms with van der Waals surface area (Å²) in [6, 6.07) is 0. The van der Waals surface area contributed by atoms with Gasteiger partial charge in [0, 0.05) is 5.92 Å². The normalized spacial score (nSPS) is 20.5. The molecule has 0 saturated heterocycles. The van der Waals surface area contributed by atoms with Crippen LogP contribution in [-0.2, 0) is 16.1 Å². The van der Waals surface area contributed by atoms with E-state index in [9.17, 15) is 4.79 Å². The summed E-state index contributed by atoms with van der Waals surface area (Å²) in [6.45, 7) is 0.120. The second kappa shape index (κ2) is 3.88. The molecule has 5 heteroatoms. The first-order valence-electron chi connectivity index (χ1n) is 5.82. The van der Waals surface area contributed by atoms with Crippen LogP contribution in [0.1, 0.15) is 49.7 Å². The van der Waals surface area contributed by atoms with E-state index in [2.05, 4.69) is 10.1 Å². The zero-order chi connectivity index (χ0) is 11.0. The zero-order valence-corrected chi connectivity index (χ0v) is 9.02. The summed E-state index contributed by atoms with van der Waals surface area (Å²) in [7, 11) is 0. The Morgan fingerprint density at radius 3 is 2.81 bits per heavy atom. The van der Waals surface area contributed by atoms with Gasteiger partial charge in [0.2, 0.25) is 0 Å². The SMILES string of the molecule is O=C(OCc1nc(C2CCC2)no1)C1CC1. The van der Waals surface area contributed by atoms with Crippen molar-refractivity contribution in [3.63, 3.8) is 0 Å². The Balaban J connectivity index is 1.53. The van der Waals surface area contributed by atoms with Crippen LogP contribution in [0, 0.1) is 5.92 Å². The molecule has 0 amide bonds. The Morgan fingerprint density at radius 1 is 1.38 bits per heavy atom. The third-order valence-corrected chi connectivity index (χ3v) is 3.20. The Kier molecular flexibility index (Phi) is 2.38. The number of ether oxygens (including phenoxy) is 1. The quantitative estimate of drug-likeness (QED) is 0.726. The van der Waals surface area contributed by atoms with Gasteiger partial charge < -0.3 is 9.26 Å². The molecule has 5 nitrogen and oxygen atoms in total. The van der Waals surface area contributed by atoms with E-state index in [4.69, 9.17) is 9.26 Å². The minimum atomic E-state index is -0.136. The standard InChI is InChI=1S/C11H14N2O3/c14-11(8-4-5-8)15-6-9-12-10(13-16-9)7-2-1-3-7/h7-8H,1-6H2. The smallest absolute Gasteiger partial charge is 0.309 e. The van der Waals surface area contributed by atoms with Crippen LogP contribution in [0.5, 0.6) is 0 Å². The maximum absolute atomic E-state index is 11.3. The molecule has 1 aromatic rings. The van der Waals surface area contributed by atoms with Gasteiger partial charge in [0.1, 0.15) is 0 Å². The van der Waals surface area contributed by atoms with Gasteiger partial charge in [-0.1, -0.05) is 11.6 Å². The lowest BCUT2D eigenvalue weighted by atomic mass is 9.85. The van der Waals surface area contributed by atoms with Gasteiger partial charge in [0.15, 0.2) is 12.4 Å². The molecule has 86 valence electrons. The summed E-state index contributed by atoms with van der Waals surface area (Å²) in [5.41, 5.74) is 0. The second-order valence-corrected chi connectivity index (χ2v) is 4.56. The Morgan fingerprint density at radius 2 is 2.19 bits per heavy atom. The first kappa shape index (κ1) is 9.81. The van der Waals surface area contributed by atoms with Crippen molar-refractivity contribution in [2.45, 2.75) is 44.6 Å². The van der Waals surface area contributed by atoms with Crippen LogP contribution >= 0.6 is 0 Å². The first-order chi connectivity index (χ1) is 7.83. The highest BCUT2D eigenvalue weighted by Crippen LogP contribution is 2.34. The van der Waals surface area contributed by atoms with Crippen molar-refractivity contribution in [2.75, 3.05) is 0 Å². The lowest BCUT2D eigenvalue weighted by Crippen LogP contribution is -2.10. The van der Waals surface area contributed by atoms with Gasteiger partial charge >= 0.3 is 5.97 Å². The van der Waals surface area contributed by atoms with E-state index in [1.54, 1.807) is 0 Å². The van der Waals surface area contributed by atoms with Crippen LogP contribution in [-0.4, -0.2) is 16.1 Å². The number of rotatable bonds is 4. The van der Waals surface area contributed by atoms with Crippen LogP contribution in [0.4, 0.5) is 0 Å². The topological polar surface area (TPSA) is 65.2 Å². The maximum Gasteiger partial charge on any atom is 0.309 e. The molecule has 0 unspecified atom stereocenters. The molecule has 3 rings (SSSR count). The van der Waals surface area contributed by atoms with E-state index in [0.717, 1.165) is 31.5 Å². The van der Waals surface area contributed by atoms with Crippen molar-refractivity contribution in [2.24, 2.45) is 5.92 Å². The van der Waals surface area contributed by atoms with E-state index >= 15 is 0 Å². The predicted molar refractivity (Wildman–Crippen MR) is 53.4 cm³/mol. The summed E-state index contributed by atoms with van der Waals surface area (Å²) in [5.74, 6) is 1.62. The molecule has 1 aromatic heterocycles. The second-order valence-electron chi connectivity index (χ2n) is 4.56. The van der Waals surface area contributed by atoms with Crippen LogP contribution < -0.4 is 0 Å². The average Bonchev–Trinajstić information content (AvgIpc) is 2.95. The fraction of sp³-hybridized carbons (Fsp3) is 0.727. The number of hydrogen-bond donors (Lipinski definition) is 0. The van der Waals surface area contributed by atoms with Crippen molar-refractivity contribution in [1.29, 1.82) is 0 Å². The molecule has 0 aliphatic heterocycles. The molecule has 0 radical (unpaired) electrons. The molecule has 0 aromatic carbocycles. The van der Waals surface area contributed by atoms with Crippen molar-refractivity contribution >= 4 is 5.97 Å². The molecule has 1 heterocycles. The van der Waals surface area contributed by atoms with Gasteiger partial charge in [-0.05, 0) is 25.7 Å². The highest BCUT2D eigenvalue weighted by Gasteiger charge is 2.31. The number of carbonyl (C=O) groups is 1. The van der Waals surface area contributed by atoms with Gasteiger partial charge in [-0.3, -0.25) is 4.79 Å². The summed E-state index contributed by atoms with van der Waals surface area (Å²) < 4.78 is 10.1. The predicted octanol–water partition coefficient (Wildman–Crippen LogP) is 1.79. The molecule has 2 aliphatic rings. The fourth-order valence-electron chi connectivity index (χ4n) is 1.73. The minimum absolute atomic E-state index is 0.119. The molecule has 2 aliphatic carbocycles. The van der Waals surface area contributed by atoms with Crippen LogP contribution in [0.25, 0.3) is 0 Å². The van der Waals surface area contributed by atoms with Crippen molar-refractivity contribution in [3.05, 3.63) is 11.7 Å². The van der Waals surface area contributed by atoms with E-state index < -0.39 is 0 Å². The van der Waals surface area contributed by atoms with Crippen LogP contribution in [0.3, 0.4) is 0 Å². The molecule has 0 bridgehead atoms. The summed E-state index contributed by atoms with van der Waals surface area (Å²) in [4.78, 5) is 15.5. The van der Waals surface area contributed by atoms with E-state index in [1.165, 1.54) is 6.42 Å². The van der Waals surface area contributed by atoms with Gasteiger partial charge in [-0.2, -0.15) is 4.98 Å². The van der Waals surface area contributed by atoms with Gasteiger partial charge in [0.05, 0.1) is 5.92 Å². The third-order valence-electron chi connectivity index (χ3n) is 3.20. The average molecular weight is 222 g/mol. The van der Waals surface area contributed by atoms with Crippen molar-refractivity contribution in [1.82, 2.24) is 10.1 Å². The molecule has 0 N–H and O–H groups in total. The van der Waals surface area contributed by atoms with E-state index in [1.807, 2.05) is 0 Å². The molecular weight excluding hydrogens is 208 g/mol. The number of nitrogens with zero attached hydrogens (tertiary/aromatic N) is 2. The molecular formula is C11H14N2O3. The van der Waals surface area contributed by atoms with Gasteiger partial charge in [-0.25, -0.2) is 0 Å². The largest absolute Gasteiger partial charge is 0.455 e. The first-order valence-corrected chi connectivity index (χ1v) is 5.82. The van der Waals surface area contributed by atoms with Crippen molar-refractivity contribution < 1.29 is 14.1 Å². The fourth-order valence-corrected chi connectivity index (χ4v) is 1.73. The van der Waals surface area contributed by atoms with Gasteiger partial charge in [0.25, 0.3) is 5.89 Å². The molecule has 2 saturated carbocycles. The summed E-state index contributed by atoms with van der Waals surface area (Å²) in [5, 5.41) is 3.90. The molecule has 0 atom stereocenters. The monoisotopic (exact) mass is 222 g/mol.